The minimum atomic E-state index is 0.898. The Labute approximate surface area is 47.5 Å². The number of aliphatic imine (C=N–C) groups is 1. The molecule has 2 aliphatic heterocycles. The summed E-state index contributed by atoms with van der Waals surface area (Å²) in [6.07, 6.45) is 1.62. The van der Waals surface area contributed by atoms with Crippen molar-refractivity contribution in [2.24, 2.45) is 4.99 Å². The summed E-state index contributed by atoms with van der Waals surface area (Å²) in [7, 11) is 0. The molecule has 0 spiro atoms. The van der Waals surface area contributed by atoms with Crippen molar-refractivity contribution in [3.8, 4) is 0 Å². The summed E-state index contributed by atoms with van der Waals surface area (Å²) in [6.45, 7) is 1.80. The SMILES string of the molecule is C1=NC2=C(CNC2)[N]1. The first kappa shape index (κ1) is 4.09. The molecule has 1 N–H and O–H groups in total. The fourth-order valence-corrected chi connectivity index (χ4v) is 0.912. The maximum atomic E-state index is 4.02. The van der Waals surface area contributed by atoms with Gasteiger partial charge in [-0.2, -0.15) is 0 Å². The summed E-state index contributed by atoms with van der Waals surface area (Å²) in [5, 5.41) is 7.17. The second-order valence-corrected chi connectivity index (χ2v) is 1.87. The Morgan fingerprint density at radius 1 is 1.38 bits per heavy atom. The molecule has 3 nitrogen and oxygen atoms in total. The van der Waals surface area contributed by atoms with Crippen LogP contribution < -0.4 is 10.6 Å². The van der Waals surface area contributed by atoms with Crippen molar-refractivity contribution >= 4 is 6.34 Å². The van der Waals surface area contributed by atoms with Crippen molar-refractivity contribution < 1.29 is 0 Å². The van der Waals surface area contributed by atoms with Crippen LogP contribution in [0.3, 0.4) is 0 Å². The second kappa shape index (κ2) is 1.32. The average molecular weight is 108 g/mol. The summed E-state index contributed by atoms with van der Waals surface area (Å²) in [6, 6.07) is 0. The fourth-order valence-electron chi connectivity index (χ4n) is 0.912. The van der Waals surface area contributed by atoms with Crippen molar-refractivity contribution in [2.45, 2.75) is 0 Å². The zero-order chi connectivity index (χ0) is 5.40. The molecule has 8 heavy (non-hydrogen) atoms. The van der Waals surface area contributed by atoms with Crippen molar-refractivity contribution in [1.29, 1.82) is 0 Å². The highest BCUT2D eigenvalue weighted by Crippen LogP contribution is 2.11. The number of rotatable bonds is 0. The van der Waals surface area contributed by atoms with Crippen LogP contribution in [0.2, 0.25) is 0 Å². The molecule has 0 aromatic carbocycles. The molecule has 0 aromatic rings. The average Bonchev–Trinajstić information content (AvgIpc) is 2.15. The molecule has 41 valence electrons. The van der Waals surface area contributed by atoms with Gasteiger partial charge in [0.05, 0.1) is 11.4 Å². The normalized spacial score (nSPS) is 24.0. The van der Waals surface area contributed by atoms with Crippen LogP contribution >= 0.6 is 0 Å². The van der Waals surface area contributed by atoms with Crippen molar-refractivity contribution in [2.75, 3.05) is 13.1 Å². The molecule has 3 heteroatoms. The van der Waals surface area contributed by atoms with E-state index in [0.29, 0.717) is 0 Å². The van der Waals surface area contributed by atoms with Crippen LogP contribution in [0.5, 0.6) is 0 Å². The van der Waals surface area contributed by atoms with E-state index in [1.807, 2.05) is 0 Å². The molecule has 0 unspecified atom stereocenters. The van der Waals surface area contributed by atoms with Crippen LogP contribution in [-0.2, 0) is 0 Å². The quantitative estimate of drug-likeness (QED) is 0.444. The highest BCUT2D eigenvalue weighted by atomic mass is 15.1. The third kappa shape index (κ3) is 0.391. The van der Waals surface area contributed by atoms with Crippen molar-refractivity contribution in [3.05, 3.63) is 11.4 Å². The van der Waals surface area contributed by atoms with Gasteiger partial charge in [0, 0.05) is 13.1 Å². The molecule has 2 rings (SSSR count). The molecular formula is C5H6N3. The van der Waals surface area contributed by atoms with E-state index in [-0.39, 0.29) is 0 Å². The first-order chi connectivity index (χ1) is 3.97. The smallest absolute Gasteiger partial charge is 0.116 e. The lowest BCUT2D eigenvalue weighted by molar-refractivity contribution is 0.840. The van der Waals surface area contributed by atoms with Gasteiger partial charge in [0.25, 0.3) is 0 Å². The van der Waals surface area contributed by atoms with E-state index in [4.69, 9.17) is 0 Å². The fraction of sp³-hybridized carbons (Fsp3) is 0.400. The third-order valence-electron chi connectivity index (χ3n) is 1.35. The lowest BCUT2D eigenvalue weighted by atomic mass is 10.4. The first-order valence-corrected chi connectivity index (χ1v) is 2.63. The van der Waals surface area contributed by atoms with Gasteiger partial charge in [0.1, 0.15) is 6.34 Å². The predicted octanol–water partition coefficient (Wildman–Crippen LogP) is -0.552. The molecule has 0 amide bonds. The van der Waals surface area contributed by atoms with Crippen molar-refractivity contribution in [3.63, 3.8) is 0 Å². The van der Waals surface area contributed by atoms with Crippen LogP contribution in [0.1, 0.15) is 0 Å². The molecule has 2 heterocycles. The zero-order valence-electron chi connectivity index (χ0n) is 4.39. The molecule has 0 aliphatic carbocycles. The van der Waals surface area contributed by atoms with Gasteiger partial charge in [-0.1, -0.05) is 0 Å². The summed E-state index contributed by atoms with van der Waals surface area (Å²) < 4.78 is 0. The Hall–Kier alpha value is -0.830. The van der Waals surface area contributed by atoms with E-state index in [2.05, 4.69) is 15.6 Å². The van der Waals surface area contributed by atoms with E-state index in [0.717, 1.165) is 24.5 Å². The molecule has 1 radical (unpaired) electrons. The Morgan fingerprint density at radius 3 is 3.12 bits per heavy atom. The van der Waals surface area contributed by atoms with Crippen molar-refractivity contribution in [1.82, 2.24) is 10.6 Å². The highest BCUT2D eigenvalue weighted by Gasteiger charge is 2.16. The van der Waals surface area contributed by atoms with E-state index >= 15 is 0 Å². The van der Waals surface area contributed by atoms with Gasteiger partial charge in [-0.3, -0.25) is 0 Å². The van der Waals surface area contributed by atoms with Gasteiger partial charge in [-0.25, -0.2) is 10.3 Å². The molecule has 0 bridgehead atoms. The Bertz CT molecular complexity index is 169. The second-order valence-electron chi connectivity index (χ2n) is 1.87. The maximum absolute atomic E-state index is 4.02. The summed E-state index contributed by atoms with van der Waals surface area (Å²) >= 11 is 0. The van der Waals surface area contributed by atoms with E-state index in [1.54, 1.807) is 6.34 Å². The van der Waals surface area contributed by atoms with Crippen LogP contribution in [0.15, 0.2) is 16.4 Å². The monoisotopic (exact) mass is 108 g/mol. The Kier molecular flexibility index (Phi) is 0.676. The standard InChI is InChI=1S/C5H6N3/c1-4-5(2-6-1)8-3-7-4/h3,6H,1-2H2. The molecule has 0 saturated heterocycles. The van der Waals surface area contributed by atoms with Gasteiger partial charge in [0.2, 0.25) is 0 Å². The van der Waals surface area contributed by atoms with E-state index < -0.39 is 0 Å². The Balaban J connectivity index is 2.33. The van der Waals surface area contributed by atoms with Gasteiger partial charge in [0.15, 0.2) is 0 Å². The number of hydrogen-bond acceptors (Lipinski definition) is 2. The topological polar surface area (TPSA) is 38.5 Å². The highest BCUT2D eigenvalue weighted by molar-refractivity contribution is 5.64. The van der Waals surface area contributed by atoms with Crippen LogP contribution in [0, 0.1) is 0 Å². The minimum absolute atomic E-state index is 0.898. The van der Waals surface area contributed by atoms with Crippen LogP contribution in [-0.4, -0.2) is 19.4 Å². The lowest BCUT2D eigenvalue weighted by Gasteiger charge is -1.89. The van der Waals surface area contributed by atoms with E-state index in [9.17, 15) is 0 Å². The minimum Gasteiger partial charge on any atom is -0.305 e. The molecule has 0 aromatic heterocycles. The molecule has 0 fully saturated rings. The number of hydrogen-bond donors (Lipinski definition) is 1. The van der Waals surface area contributed by atoms with E-state index in [1.165, 1.54) is 0 Å². The predicted molar refractivity (Wildman–Crippen MR) is 30.5 cm³/mol. The van der Waals surface area contributed by atoms with Crippen LogP contribution in [0.25, 0.3) is 0 Å². The summed E-state index contributed by atoms with van der Waals surface area (Å²) in [5.41, 5.74) is 2.23. The molecular weight excluding hydrogens is 102 g/mol. The molecule has 0 atom stereocenters. The first-order valence-electron chi connectivity index (χ1n) is 2.63. The van der Waals surface area contributed by atoms with Crippen LogP contribution in [0.4, 0.5) is 0 Å². The summed E-state index contributed by atoms with van der Waals surface area (Å²) in [5.74, 6) is 0. The Morgan fingerprint density at radius 2 is 2.25 bits per heavy atom. The lowest BCUT2D eigenvalue weighted by Crippen LogP contribution is -2.13. The summed E-state index contributed by atoms with van der Waals surface area (Å²) in [4.78, 5) is 4.02. The maximum Gasteiger partial charge on any atom is 0.116 e. The number of nitrogens with one attached hydrogen (secondary N) is 1. The number of nitrogens with zero attached hydrogens (tertiary/aromatic N) is 2. The van der Waals surface area contributed by atoms with Gasteiger partial charge >= 0.3 is 0 Å². The zero-order valence-corrected chi connectivity index (χ0v) is 4.39. The van der Waals surface area contributed by atoms with Gasteiger partial charge in [-0.05, 0) is 0 Å². The molecule has 0 saturated carbocycles. The van der Waals surface area contributed by atoms with Gasteiger partial charge < -0.3 is 5.32 Å². The van der Waals surface area contributed by atoms with Gasteiger partial charge in [-0.15, -0.1) is 0 Å². The third-order valence-corrected chi connectivity index (χ3v) is 1.35. The largest absolute Gasteiger partial charge is 0.305 e. The molecule has 2 aliphatic rings.